The number of para-hydroxylation sites is 1. The zero-order valence-corrected chi connectivity index (χ0v) is 23.0. The molecule has 2 fully saturated rings. The quantitative estimate of drug-likeness (QED) is 0.339. The molecule has 0 amide bonds. The normalized spacial score (nSPS) is 20.7. The Morgan fingerprint density at radius 3 is 2.54 bits per heavy atom. The van der Waals surface area contributed by atoms with Crippen molar-refractivity contribution in [3.63, 3.8) is 0 Å². The van der Waals surface area contributed by atoms with Crippen LogP contribution in [0.25, 0.3) is 0 Å². The SMILES string of the molecule is Cc1c(CN(C)C)c(O)n(C2CCCCC2)c(=O)c1N=Nc1cccc(C2CCCC(c3nn[nH]n3)C2)c1O. The van der Waals surface area contributed by atoms with E-state index < -0.39 is 0 Å². The van der Waals surface area contributed by atoms with Gasteiger partial charge in [-0.1, -0.05) is 43.0 Å². The summed E-state index contributed by atoms with van der Waals surface area (Å²) in [6.45, 7) is 2.27. The number of tetrazole rings is 1. The van der Waals surface area contributed by atoms with Gasteiger partial charge in [0.25, 0.3) is 5.56 Å². The zero-order chi connectivity index (χ0) is 27.5. The fourth-order valence-corrected chi connectivity index (χ4v) is 6.24. The summed E-state index contributed by atoms with van der Waals surface area (Å²) in [6.07, 6.45) is 8.63. The van der Waals surface area contributed by atoms with Gasteiger partial charge in [0.2, 0.25) is 0 Å². The summed E-state index contributed by atoms with van der Waals surface area (Å²) < 4.78 is 1.52. The number of nitrogens with one attached hydrogen (secondary N) is 1. The number of benzene rings is 1. The van der Waals surface area contributed by atoms with Crippen molar-refractivity contribution in [2.75, 3.05) is 14.1 Å². The number of phenols is 1. The Kier molecular flexibility index (Phi) is 8.06. The second-order valence-electron chi connectivity index (χ2n) is 11.2. The maximum atomic E-state index is 13.7. The van der Waals surface area contributed by atoms with Crippen LogP contribution in [0.4, 0.5) is 11.4 Å². The van der Waals surface area contributed by atoms with E-state index in [4.69, 9.17) is 0 Å². The van der Waals surface area contributed by atoms with E-state index in [1.807, 2.05) is 31.1 Å². The molecular formula is C28H38N8O3. The highest BCUT2D eigenvalue weighted by Gasteiger charge is 2.29. The van der Waals surface area contributed by atoms with Gasteiger partial charge >= 0.3 is 0 Å². The minimum absolute atomic E-state index is 0.0235. The number of aromatic nitrogens is 5. The predicted molar refractivity (Wildman–Crippen MR) is 147 cm³/mol. The summed E-state index contributed by atoms with van der Waals surface area (Å²) in [5.41, 5.74) is 2.28. The Morgan fingerprint density at radius 2 is 1.82 bits per heavy atom. The second-order valence-corrected chi connectivity index (χ2v) is 11.2. The zero-order valence-electron chi connectivity index (χ0n) is 23.0. The van der Waals surface area contributed by atoms with Crippen LogP contribution >= 0.6 is 0 Å². The van der Waals surface area contributed by atoms with E-state index in [-0.39, 0.29) is 40.8 Å². The molecule has 0 bridgehead atoms. The largest absolute Gasteiger partial charge is 0.505 e. The van der Waals surface area contributed by atoms with Crippen molar-refractivity contribution in [3.05, 3.63) is 51.1 Å². The van der Waals surface area contributed by atoms with Crippen LogP contribution in [-0.2, 0) is 6.54 Å². The van der Waals surface area contributed by atoms with Crippen molar-refractivity contribution in [1.29, 1.82) is 0 Å². The highest BCUT2D eigenvalue weighted by Crippen LogP contribution is 2.45. The van der Waals surface area contributed by atoms with Gasteiger partial charge in [-0.25, -0.2) is 0 Å². The maximum Gasteiger partial charge on any atom is 0.281 e. The summed E-state index contributed by atoms with van der Waals surface area (Å²) >= 11 is 0. The van der Waals surface area contributed by atoms with Crippen LogP contribution in [0, 0.1) is 6.92 Å². The van der Waals surface area contributed by atoms with Gasteiger partial charge < -0.3 is 15.1 Å². The van der Waals surface area contributed by atoms with Crippen LogP contribution in [-0.4, -0.2) is 54.4 Å². The summed E-state index contributed by atoms with van der Waals surface area (Å²) in [5.74, 6) is 1.12. The Morgan fingerprint density at radius 1 is 1.05 bits per heavy atom. The van der Waals surface area contributed by atoms with Crippen molar-refractivity contribution in [3.8, 4) is 11.6 Å². The minimum Gasteiger partial charge on any atom is -0.505 e. The van der Waals surface area contributed by atoms with Gasteiger partial charge in [-0.2, -0.15) is 5.21 Å². The van der Waals surface area contributed by atoms with Gasteiger partial charge in [-0.15, -0.1) is 20.4 Å². The van der Waals surface area contributed by atoms with Crippen molar-refractivity contribution in [1.82, 2.24) is 30.1 Å². The van der Waals surface area contributed by atoms with Crippen LogP contribution in [0.5, 0.6) is 11.6 Å². The van der Waals surface area contributed by atoms with Crippen LogP contribution in [0.2, 0.25) is 0 Å². The molecule has 2 heterocycles. The maximum absolute atomic E-state index is 13.7. The van der Waals surface area contributed by atoms with Gasteiger partial charge in [0.05, 0.1) is 0 Å². The van der Waals surface area contributed by atoms with E-state index in [0.29, 0.717) is 29.2 Å². The number of H-pyrrole nitrogens is 1. The number of azo groups is 1. The highest BCUT2D eigenvalue weighted by atomic mass is 16.3. The molecule has 2 aliphatic carbocycles. The lowest BCUT2D eigenvalue weighted by Gasteiger charge is -2.28. The van der Waals surface area contributed by atoms with Gasteiger partial charge in [0, 0.05) is 24.1 Å². The summed E-state index contributed by atoms with van der Waals surface area (Å²) in [5, 5.41) is 45.8. The minimum atomic E-state index is -0.339. The van der Waals surface area contributed by atoms with E-state index in [1.165, 1.54) is 4.57 Å². The molecule has 2 atom stereocenters. The molecule has 2 saturated carbocycles. The fraction of sp³-hybridized carbons (Fsp3) is 0.571. The Bertz CT molecular complexity index is 1380. The third kappa shape index (κ3) is 5.59. The molecule has 0 aliphatic heterocycles. The van der Waals surface area contributed by atoms with Crippen molar-refractivity contribution in [2.45, 2.75) is 89.1 Å². The molecule has 5 rings (SSSR count). The number of rotatable bonds is 7. The third-order valence-corrected chi connectivity index (χ3v) is 8.29. The number of hydrogen-bond acceptors (Lipinski definition) is 9. The highest BCUT2D eigenvalue weighted by molar-refractivity contribution is 5.57. The molecule has 3 N–H and O–H groups in total. The molecule has 2 aromatic heterocycles. The molecule has 0 saturated heterocycles. The molecule has 39 heavy (non-hydrogen) atoms. The van der Waals surface area contributed by atoms with Gasteiger partial charge in [-0.05, 0) is 76.2 Å². The molecule has 11 nitrogen and oxygen atoms in total. The van der Waals surface area contributed by atoms with Gasteiger partial charge in [0.1, 0.15) is 11.4 Å². The molecule has 208 valence electrons. The van der Waals surface area contributed by atoms with E-state index in [1.54, 1.807) is 13.0 Å². The molecule has 3 aromatic rings. The first kappa shape index (κ1) is 27.0. The van der Waals surface area contributed by atoms with Crippen molar-refractivity contribution in [2.24, 2.45) is 10.2 Å². The lowest BCUT2D eigenvalue weighted by atomic mass is 9.77. The Labute approximate surface area is 228 Å². The fourth-order valence-electron chi connectivity index (χ4n) is 6.24. The summed E-state index contributed by atoms with van der Waals surface area (Å²) in [6, 6.07) is 5.44. The first-order chi connectivity index (χ1) is 18.8. The summed E-state index contributed by atoms with van der Waals surface area (Å²) in [7, 11) is 3.85. The first-order valence-corrected chi connectivity index (χ1v) is 13.9. The molecule has 1 aromatic carbocycles. The van der Waals surface area contributed by atoms with E-state index in [2.05, 4.69) is 30.9 Å². The van der Waals surface area contributed by atoms with Gasteiger partial charge in [-0.3, -0.25) is 9.36 Å². The monoisotopic (exact) mass is 534 g/mol. The standard InChI is InChI=1S/C28H38N8O3/c1-17-22(16-35(2)3)27(38)36(20-11-5-4-6-12-20)28(39)24(17)30-29-23-14-8-13-21(25(23)37)18-9-7-10-19(15-18)26-31-33-34-32-26/h8,13-14,18-20,37-38H,4-7,9-12,15-16H2,1-3H3,(H,31,32,33,34). The molecule has 2 unspecified atom stereocenters. The second kappa shape index (κ2) is 11.6. The number of nitrogens with zero attached hydrogens (tertiary/aromatic N) is 7. The average Bonchev–Trinajstić information content (AvgIpc) is 3.48. The Hall–Kier alpha value is -3.60. The number of aromatic amines is 1. The van der Waals surface area contributed by atoms with E-state index >= 15 is 0 Å². The molecule has 11 heteroatoms. The number of pyridine rings is 1. The van der Waals surface area contributed by atoms with Crippen LogP contribution < -0.4 is 5.56 Å². The first-order valence-electron chi connectivity index (χ1n) is 13.9. The number of hydrogen-bond donors (Lipinski definition) is 3. The molecule has 0 radical (unpaired) electrons. The van der Waals surface area contributed by atoms with E-state index in [9.17, 15) is 15.0 Å². The van der Waals surface area contributed by atoms with Crippen molar-refractivity contribution < 1.29 is 10.2 Å². The molecular weight excluding hydrogens is 496 g/mol. The summed E-state index contributed by atoms with van der Waals surface area (Å²) in [4.78, 5) is 15.6. The van der Waals surface area contributed by atoms with E-state index in [0.717, 1.165) is 63.4 Å². The topological polar surface area (TPSA) is 145 Å². The molecule has 2 aliphatic rings. The lowest BCUT2D eigenvalue weighted by molar-refractivity contribution is 0.294. The predicted octanol–water partition coefficient (Wildman–Crippen LogP) is 5.50. The number of aromatic hydroxyl groups is 2. The smallest absolute Gasteiger partial charge is 0.281 e. The van der Waals surface area contributed by atoms with Crippen LogP contribution in [0.3, 0.4) is 0 Å². The number of phenolic OH excluding ortho intramolecular Hbond substituents is 1. The third-order valence-electron chi connectivity index (χ3n) is 8.29. The molecule has 0 spiro atoms. The van der Waals surface area contributed by atoms with Crippen molar-refractivity contribution >= 4 is 11.4 Å². The van der Waals surface area contributed by atoms with Crippen LogP contribution in [0.15, 0.2) is 33.2 Å². The average molecular weight is 535 g/mol. The van der Waals surface area contributed by atoms with Gasteiger partial charge in [0.15, 0.2) is 17.4 Å². The Balaban J connectivity index is 1.49. The van der Waals surface area contributed by atoms with Crippen LogP contribution in [0.1, 0.15) is 98.2 Å². The lowest BCUT2D eigenvalue weighted by Crippen LogP contribution is -2.28.